The van der Waals surface area contributed by atoms with Gasteiger partial charge in [-0.3, -0.25) is 0 Å². The molecule has 0 aliphatic carbocycles. The van der Waals surface area contributed by atoms with E-state index in [9.17, 15) is 5.11 Å². The normalized spacial score (nSPS) is 16.5. The maximum Gasteiger partial charge on any atom is 0.300 e. The quantitative estimate of drug-likeness (QED) is 0.366. The van der Waals surface area contributed by atoms with E-state index in [-0.39, 0.29) is 23.1 Å². The molecule has 0 radical (unpaired) electrons. The number of anilines is 2. The van der Waals surface area contributed by atoms with Crippen LogP contribution < -0.4 is 10.2 Å². The summed E-state index contributed by atoms with van der Waals surface area (Å²) in [6, 6.07) is 9.04. The first-order valence-corrected chi connectivity index (χ1v) is 12.8. The van der Waals surface area contributed by atoms with Crippen LogP contribution in [-0.2, 0) is 11.3 Å². The zero-order valence-corrected chi connectivity index (χ0v) is 23.3. The number of fused-ring (bicyclic) bond motifs is 2. The molecular formula is C30H38F2N4O. The molecule has 0 fully saturated rings. The van der Waals surface area contributed by atoms with E-state index in [2.05, 4.69) is 66.8 Å². The summed E-state index contributed by atoms with van der Waals surface area (Å²) in [6.07, 6.45) is 0. The highest BCUT2D eigenvalue weighted by molar-refractivity contribution is 5.98. The molecule has 2 aromatic carbocycles. The van der Waals surface area contributed by atoms with E-state index < -0.39 is 11.5 Å². The van der Waals surface area contributed by atoms with E-state index in [0.717, 1.165) is 41.7 Å². The van der Waals surface area contributed by atoms with E-state index in [1.807, 2.05) is 19.9 Å². The molecule has 4 rings (SSSR count). The highest BCUT2D eigenvalue weighted by Gasteiger charge is 2.48. The van der Waals surface area contributed by atoms with Gasteiger partial charge in [0.05, 0.1) is 11.7 Å². The average Bonchev–Trinajstić information content (AvgIpc) is 2.99. The van der Waals surface area contributed by atoms with Gasteiger partial charge in [0.1, 0.15) is 5.60 Å². The van der Waals surface area contributed by atoms with E-state index in [0.29, 0.717) is 16.9 Å². The summed E-state index contributed by atoms with van der Waals surface area (Å²) >= 11 is 0. The molecule has 1 aromatic heterocycles. The third-order valence-corrected chi connectivity index (χ3v) is 7.84. The molecule has 1 aliphatic heterocycles. The molecule has 0 saturated carbocycles. The van der Waals surface area contributed by atoms with Gasteiger partial charge in [0, 0.05) is 39.2 Å². The Morgan fingerprint density at radius 1 is 1.05 bits per heavy atom. The molecule has 0 unspecified atom stereocenters. The number of benzene rings is 2. The Morgan fingerprint density at radius 2 is 1.70 bits per heavy atom. The summed E-state index contributed by atoms with van der Waals surface area (Å²) in [6.45, 7) is 20.9. The molecule has 37 heavy (non-hydrogen) atoms. The van der Waals surface area contributed by atoms with Crippen LogP contribution in [0, 0.1) is 13.8 Å². The summed E-state index contributed by atoms with van der Waals surface area (Å²) in [5, 5.41) is 24.4. The van der Waals surface area contributed by atoms with Crippen molar-refractivity contribution >= 4 is 22.3 Å². The van der Waals surface area contributed by atoms with Crippen molar-refractivity contribution in [3.63, 3.8) is 0 Å². The van der Waals surface area contributed by atoms with E-state index in [1.165, 1.54) is 11.6 Å². The molecule has 3 aromatic rings. The van der Waals surface area contributed by atoms with Crippen LogP contribution >= 0.6 is 0 Å². The topological polar surface area (TPSA) is 61.3 Å². The van der Waals surface area contributed by atoms with Gasteiger partial charge in [0.2, 0.25) is 0 Å². The SMILES string of the molecule is C=C1N(C(C)C)c2cc3c(N[C@H](C)c4cccc(C(F)(F)C(C)(C)O)c4C)nnc(C)c3cc2C1(C)C. The number of hydrogen-bond acceptors (Lipinski definition) is 5. The number of nitrogens with one attached hydrogen (secondary N) is 1. The maximum atomic E-state index is 15.1. The predicted molar refractivity (Wildman–Crippen MR) is 147 cm³/mol. The number of nitrogens with zero attached hydrogens (tertiary/aromatic N) is 3. The minimum absolute atomic E-state index is 0.183. The van der Waals surface area contributed by atoms with Crippen molar-refractivity contribution in [2.24, 2.45) is 0 Å². The van der Waals surface area contributed by atoms with Gasteiger partial charge in [0.15, 0.2) is 5.82 Å². The monoisotopic (exact) mass is 508 g/mol. The molecular weight excluding hydrogens is 470 g/mol. The van der Waals surface area contributed by atoms with E-state index in [1.54, 1.807) is 13.0 Å². The molecule has 0 bridgehead atoms. The number of aliphatic hydroxyl groups is 1. The first kappa shape index (κ1) is 27.0. The van der Waals surface area contributed by atoms with Gasteiger partial charge >= 0.3 is 5.92 Å². The maximum absolute atomic E-state index is 15.1. The van der Waals surface area contributed by atoms with Crippen molar-refractivity contribution in [2.75, 3.05) is 10.2 Å². The van der Waals surface area contributed by atoms with Crippen LogP contribution in [0.25, 0.3) is 10.8 Å². The van der Waals surface area contributed by atoms with Crippen LogP contribution in [0.1, 0.15) is 82.5 Å². The molecule has 0 spiro atoms. The lowest BCUT2D eigenvalue weighted by molar-refractivity contribution is -0.168. The minimum atomic E-state index is -3.40. The first-order valence-electron chi connectivity index (χ1n) is 12.8. The van der Waals surface area contributed by atoms with Crippen molar-refractivity contribution in [2.45, 2.75) is 91.3 Å². The van der Waals surface area contributed by atoms with Crippen molar-refractivity contribution in [1.82, 2.24) is 10.2 Å². The number of allylic oxidation sites excluding steroid dienone is 1. The largest absolute Gasteiger partial charge is 0.384 e. The zero-order valence-electron chi connectivity index (χ0n) is 23.3. The van der Waals surface area contributed by atoms with Gasteiger partial charge in [-0.15, -0.1) is 5.10 Å². The Bertz CT molecular complexity index is 1390. The van der Waals surface area contributed by atoms with Crippen LogP contribution in [-0.4, -0.2) is 26.9 Å². The molecule has 1 aliphatic rings. The van der Waals surface area contributed by atoms with Crippen LogP contribution in [0.4, 0.5) is 20.3 Å². The molecule has 2 heterocycles. The zero-order chi connectivity index (χ0) is 27.7. The fourth-order valence-corrected chi connectivity index (χ4v) is 5.39. The Morgan fingerprint density at radius 3 is 2.30 bits per heavy atom. The number of hydrogen-bond donors (Lipinski definition) is 2. The molecule has 198 valence electrons. The molecule has 5 nitrogen and oxygen atoms in total. The third kappa shape index (κ3) is 4.17. The van der Waals surface area contributed by atoms with E-state index in [4.69, 9.17) is 0 Å². The van der Waals surface area contributed by atoms with Gasteiger partial charge in [-0.05, 0) is 77.3 Å². The number of rotatable bonds is 6. The number of aryl methyl sites for hydroxylation is 1. The Labute approximate surface area is 218 Å². The highest BCUT2D eigenvalue weighted by Crippen LogP contribution is 2.50. The second-order valence-corrected chi connectivity index (χ2v) is 11.6. The fourth-order valence-electron chi connectivity index (χ4n) is 5.39. The number of halogens is 2. The fraction of sp³-hybridized carbons (Fsp3) is 0.467. The highest BCUT2D eigenvalue weighted by atomic mass is 19.3. The first-order chi connectivity index (χ1) is 17.0. The lowest BCUT2D eigenvalue weighted by Gasteiger charge is -2.31. The molecule has 2 N–H and O–H groups in total. The van der Waals surface area contributed by atoms with Crippen LogP contribution in [0.2, 0.25) is 0 Å². The lowest BCUT2D eigenvalue weighted by Crippen LogP contribution is -2.40. The van der Waals surface area contributed by atoms with E-state index >= 15 is 8.78 Å². The van der Waals surface area contributed by atoms with Crippen molar-refractivity contribution in [1.29, 1.82) is 0 Å². The second-order valence-electron chi connectivity index (χ2n) is 11.6. The predicted octanol–water partition coefficient (Wildman–Crippen LogP) is 7.30. The lowest BCUT2D eigenvalue weighted by atomic mass is 9.83. The Hall–Kier alpha value is -3.06. The van der Waals surface area contributed by atoms with Crippen molar-refractivity contribution in [3.8, 4) is 0 Å². The minimum Gasteiger partial charge on any atom is -0.384 e. The molecule has 0 amide bonds. The summed E-state index contributed by atoms with van der Waals surface area (Å²) in [5.41, 5.74) is 2.73. The third-order valence-electron chi connectivity index (χ3n) is 7.84. The van der Waals surface area contributed by atoms with Gasteiger partial charge in [-0.2, -0.15) is 13.9 Å². The van der Waals surface area contributed by atoms with Crippen LogP contribution in [0.15, 0.2) is 42.6 Å². The van der Waals surface area contributed by atoms with Gasteiger partial charge in [-0.1, -0.05) is 38.6 Å². The smallest absolute Gasteiger partial charge is 0.300 e. The number of alkyl halides is 2. The summed E-state index contributed by atoms with van der Waals surface area (Å²) in [4.78, 5) is 2.27. The van der Waals surface area contributed by atoms with Gasteiger partial charge in [-0.25, -0.2) is 0 Å². The van der Waals surface area contributed by atoms with Crippen molar-refractivity contribution in [3.05, 3.63) is 70.6 Å². The van der Waals surface area contributed by atoms with Crippen molar-refractivity contribution < 1.29 is 13.9 Å². The molecule has 1 atom stereocenters. The summed E-state index contributed by atoms with van der Waals surface area (Å²) < 4.78 is 30.1. The summed E-state index contributed by atoms with van der Waals surface area (Å²) in [5.74, 6) is -2.81. The second kappa shape index (κ2) is 8.76. The number of aromatic nitrogens is 2. The van der Waals surface area contributed by atoms with Crippen LogP contribution in [0.3, 0.4) is 0 Å². The molecule has 7 heteroatoms. The van der Waals surface area contributed by atoms with Gasteiger partial charge < -0.3 is 15.3 Å². The Kier molecular flexibility index (Phi) is 6.39. The standard InChI is InChI=1S/C30H38F2N4O/c1-16(2)36-20(6)28(7,8)25-14-22-19(5)34-35-27(23(22)15-26(25)36)33-18(4)21-12-11-13-24(17(21)3)30(31,32)29(9,10)37/h11-16,18,37H,6H2,1-5,7-10H3,(H,33,35)/t18-/m1/s1. The molecule has 0 saturated heterocycles. The van der Waals surface area contributed by atoms with Gasteiger partial charge in [0.25, 0.3) is 0 Å². The van der Waals surface area contributed by atoms with Crippen LogP contribution in [0.5, 0.6) is 0 Å². The Balaban J connectivity index is 1.81. The average molecular weight is 509 g/mol. The summed E-state index contributed by atoms with van der Waals surface area (Å²) in [7, 11) is 0.